The second kappa shape index (κ2) is 8.94. The Morgan fingerprint density at radius 3 is 1.86 bits per heavy atom. The fourth-order valence-electron chi connectivity index (χ4n) is 2.88. The normalized spacial score (nSPS) is 19.1. The van der Waals surface area contributed by atoms with Crippen LogP contribution >= 0.6 is 0 Å². The predicted molar refractivity (Wildman–Crippen MR) is 100 cm³/mol. The first-order valence-corrected chi connectivity index (χ1v) is 13.6. The van der Waals surface area contributed by atoms with Gasteiger partial charge in [0, 0.05) is 45.4 Å². The van der Waals surface area contributed by atoms with Crippen molar-refractivity contribution in [1.29, 1.82) is 0 Å². The van der Waals surface area contributed by atoms with Gasteiger partial charge < -0.3 is 18.3 Å². The standard InChI is InChI=1S/C16H38N2O2Si2/c1-8-19-21(20-9-2)15-14-17-10-12-18(13-11-17)22(6,7)16(3,4)5/h21H,8-15H2,1-7H3. The molecule has 0 aromatic rings. The maximum atomic E-state index is 5.78. The van der Waals surface area contributed by atoms with Gasteiger partial charge in [0.05, 0.1) is 0 Å². The Bertz CT molecular complexity index is 308. The lowest BCUT2D eigenvalue weighted by Gasteiger charge is -2.49. The number of hydrogen-bond acceptors (Lipinski definition) is 4. The summed E-state index contributed by atoms with van der Waals surface area (Å²) in [5.74, 6) is 0. The molecule has 1 rings (SSSR count). The Morgan fingerprint density at radius 1 is 0.955 bits per heavy atom. The second-order valence-electron chi connectivity index (χ2n) is 7.77. The molecule has 1 fully saturated rings. The highest BCUT2D eigenvalue weighted by Gasteiger charge is 2.41. The van der Waals surface area contributed by atoms with E-state index < -0.39 is 17.5 Å². The molecule has 0 amide bonds. The Kier molecular flexibility index (Phi) is 8.26. The van der Waals surface area contributed by atoms with Crippen molar-refractivity contribution in [3.8, 4) is 0 Å². The van der Waals surface area contributed by atoms with Gasteiger partial charge in [0.2, 0.25) is 0 Å². The van der Waals surface area contributed by atoms with Crippen LogP contribution in [0.3, 0.4) is 0 Å². The monoisotopic (exact) mass is 346 g/mol. The molecule has 1 saturated heterocycles. The van der Waals surface area contributed by atoms with Crippen LogP contribution in [0.1, 0.15) is 34.6 Å². The van der Waals surface area contributed by atoms with Gasteiger partial charge in [-0.3, -0.25) is 0 Å². The summed E-state index contributed by atoms with van der Waals surface area (Å²) in [5.41, 5.74) is 0. The maximum Gasteiger partial charge on any atom is 0.322 e. The molecule has 0 saturated carbocycles. The number of rotatable bonds is 8. The van der Waals surface area contributed by atoms with Gasteiger partial charge in [-0.2, -0.15) is 0 Å². The van der Waals surface area contributed by atoms with Crippen LogP contribution in [0.15, 0.2) is 0 Å². The highest BCUT2D eigenvalue weighted by atomic mass is 28.3. The molecule has 0 aliphatic carbocycles. The molecule has 0 bridgehead atoms. The van der Waals surface area contributed by atoms with Gasteiger partial charge in [-0.15, -0.1) is 0 Å². The smallest absolute Gasteiger partial charge is 0.322 e. The maximum absolute atomic E-state index is 5.78. The average Bonchev–Trinajstić information content (AvgIpc) is 2.44. The second-order valence-corrected chi connectivity index (χ2v) is 15.1. The van der Waals surface area contributed by atoms with Crippen molar-refractivity contribution in [1.82, 2.24) is 9.47 Å². The van der Waals surface area contributed by atoms with Crippen molar-refractivity contribution in [3.63, 3.8) is 0 Å². The van der Waals surface area contributed by atoms with Crippen molar-refractivity contribution >= 4 is 17.5 Å². The van der Waals surface area contributed by atoms with E-state index in [-0.39, 0.29) is 0 Å². The summed E-state index contributed by atoms with van der Waals surface area (Å²) in [6, 6.07) is 1.11. The topological polar surface area (TPSA) is 24.9 Å². The summed E-state index contributed by atoms with van der Waals surface area (Å²) in [5, 5.41) is 0.442. The SMILES string of the molecule is CCO[SiH](CCN1CCN([Si](C)(C)C(C)(C)C)CC1)OCC. The van der Waals surface area contributed by atoms with Crippen LogP contribution < -0.4 is 0 Å². The molecule has 6 heteroatoms. The summed E-state index contributed by atoms with van der Waals surface area (Å²) in [4.78, 5) is 2.60. The highest BCUT2D eigenvalue weighted by molar-refractivity contribution is 6.77. The number of hydrogen-bond donors (Lipinski definition) is 0. The van der Waals surface area contributed by atoms with E-state index in [1.807, 2.05) is 0 Å². The molecule has 22 heavy (non-hydrogen) atoms. The van der Waals surface area contributed by atoms with E-state index in [0.29, 0.717) is 5.04 Å². The Labute approximate surface area is 141 Å². The molecule has 1 aliphatic heterocycles. The van der Waals surface area contributed by atoms with E-state index in [9.17, 15) is 0 Å². The molecular weight excluding hydrogens is 308 g/mol. The van der Waals surface area contributed by atoms with Gasteiger partial charge in [0.1, 0.15) is 8.24 Å². The third-order valence-corrected chi connectivity index (χ3v) is 13.2. The fraction of sp³-hybridized carbons (Fsp3) is 1.00. The lowest BCUT2D eigenvalue weighted by molar-refractivity contribution is 0.173. The van der Waals surface area contributed by atoms with E-state index in [0.717, 1.165) is 25.8 Å². The summed E-state index contributed by atoms with van der Waals surface area (Å²) in [6.45, 7) is 24.0. The van der Waals surface area contributed by atoms with Crippen molar-refractivity contribution in [2.45, 2.75) is 58.8 Å². The van der Waals surface area contributed by atoms with E-state index in [1.54, 1.807) is 0 Å². The van der Waals surface area contributed by atoms with Gasteiger partial charge in [-0.05, 0) is 25.4 Å². The largest absolute Gasteiger partial charge is 0.397 e. The molecule has 132 valence electrons. The van der Waals surface area contributed by atoms with Crippen LogP contribution in [0, 0.1) is 0 Å². The van der Waals surface area contributed by atoms with Crippen LogP contribution in [0.4, 0.5) is 0 Å². The van der Waals surface area contributed by atoms with Crippen molar-refractivity contribution in [2.24, 2.45) is 0 Å². The van der Waals surface area contributed by atoms with Gasteiger partial charge in [-0.1, -0.05) is 33.9 Å². The van der Waals surface area contributed by atoms with E-state index >= 15 is 0 Å². The zero-order valence-corrected chi connectivity index (χ0v) is 18.1. The Hall–Kier alpha value is 0.274. The molecule has 0 spiro atoms. The molecular formula is C16H38N2O2Si2. The Morgan fingerprint density at radius 2 is 1.45 bits per heavy atom. The third kappa shape index (κ3) is 5.72. The van der Waals surface area contributed by atoms with Crippen molar-refractivity contribution in [2.75, 3.05) is 45.9 Å². The van der Waals surface area contributed by atoms with Crippen LogP contribution in [0.2, 0.25) is 24.2 Å². The minimum atomic E-state index is -1.43. The van der Waals surface area contributed by atoms with Crippen molar-refractivity contribution in [3.05, 3.63) is 0 Å². The molecule has 0 N–H and O–H groups in total. The zero-order valence-electron chi connectivity index (χ0n) is 15.9. The molecule has 0 aromatic carbocycles. The first kappa shape index (κ1) is 20.3. The van der Waals surface area contributed by atoms with Crippen LogP contribution in [-0.4, -0.2) is 72.9 Å². The van der Waals surface area contributed by atoms with Crippen LogP contribution in [0.25, 0.3) is 0 Å². The van der Waals surface area contributed by atoms with Gasteiger partial charge in [-0.25, -0.2) is 0 Å². The summed E-state index contributed by atoms with van der Waals surface area (Å²) in [7, 11) is -2.77. The molecule has 0 unspecified atom stereocenters. The van der Waals surface area contributed by atoms with Crippen LogP contribution in [0.5, 0.6) is 0 Å². The average molecular weight is 347 g/mol. The Balaban J connectivity index is 2.39. The lowest BCUT2D eigenvalue weighted by Crippen LogP contribution is -2.61. The number of piperazine rings is 1. The third-order valence-electron chi connectivity index (χ3n) is 5.38. The zero-order chi connectivity index (χ0) is 16.8. The predicted octanol–water partition coefficient (Wildman–Crippen LogP) is 2.90. The van der Waals surface area contributed by atoms with Gasteiger partial charge >= 0.3 is 9.28 Å². The fourth-order valence-corrected chi connectivity index (χ4v) is 6.90. The van der Waals surface area contributed by atoms with E-state index in [2.05, 4.69) is 57.2 Å². The molecule has 0 atom stereocenters. The summed E-state index contributed by atoms with van der Waals surface area (Å²) < 4.78 is 14.4. The van der Waals surface area contributed by atoms with Crippen molar-refractivity contribution < 1.29 is 8.85 Å². The first-order valence-electron chi connectivity index (χ1n) is 8.93. The molecule has 1 heterocycles. The molecule has 0 aromatic heterocycles. The molecule has 1 aliphatic rings. The minimum absolute atomic E-state index is 0.442. The van der Waals surface area contributed by atoms with Crippen LogP contribution in [-0.2, 0) is 8.85 Å². The molecule has 0 radical (unpaired) electrons. The van der Waals surface area contributed by atoms with Gasteiger partial charge in [0.25, 0.3) is 0 Å². The first-order chi connectivity index (χ1) is 10.2. The summed E-state index contributed by atoms with van der Waals surface area (Å²) in [6.07, 6.45) is 0. The minimum Gasteiger partial charge on any atom is -0.397 e. The van der Waals surface area contributed by atoms with Gasteiger partial charge in [0.15, 0.2) is 0 Å². The van der Waals surface area contributed by atoms with E-state index in [1.165, 1.54) is 26.2 Å². The summed E-state index contributed by atoms with van der Waals surface area (Å²) >= 11 is 0. The number of nitrogens with zero attached hydrogens (tertiary/aromatic N) is 2. The molecule has 4 nitrogen and oxygen atoms in total. The quantitative estimate of drug-likeness (QED) is 0.631. The highest BCUT2D eigenvalue weighted by Crippen LogP contribution is 2.38. The lowest BCUT2D eigenvalue weighted by atomic mass is 10.2. The van der Waals surface area contributed by atoms with E-state index in [4.69, 9.17) is 8.85 Å².